The van der Waals surface area contributed by atoms with Crippen LogP contribution in [-0.4, -0.2) is 9.97 Å². The highest BCUT2D eigenvalue weighted by molar-refractivity contribution is 5.35. The largest absolute Gasteiger partial charge is 0.441 e. The van der Waals surface area contributed by atoms with E-state index in [1.165, 1.54) is 6.07 Å². The highest BCUT2D eigenvalue weighted by Gasteiger charge is 2.01. The van der Waals surface area contributed by atoms with Crippen molar-refractivity contribution in [2.75, 3.05) is 0 Å². The quantitative estimate of drug-likeness (QED) is 0.823. The van der Waals surface area contributed by atoms with Gasteiger partial charge in [0.25, 0.3) is 5.56 Å². The first-order valence-electron chi connectivity index (χ1n) is 5.13. The van der Waals surface area contributed by atoms with E-state index in [1.54, 1.807) is 0 Å². The molecule has 0 saturated carbocycles. The normalized spacial score (nSPS) is 10.2. The van der Waals surface area contributed by atoms with Crippen molar-refractivity contribution in [3.63, 3.8) is 0 Å². The van der Waals surface area contributed by atoms with Gasteiger partial charge in [0.1, 0.15) is 5.75 Å². The summed E-state index contributed by atoms with van der Waals surface area (Å²) in [5, 5.41) is 0. The van der Waals surface area contributed by atoms with E-state index < -0.39 is 11.2 Å². The molecule has 2 N–H and O–H groups in total. The van der Waals surface area contributed by atoms with Gasteiger partial charge in [0.05, 0.1) is 6.07 Å². The number of aryl methyl sites for hydroxylation is 2. The Morgan fingerprint density at radius 1 is 0.941 bits per heavy atom. The van der Waals surface area contributed by atoms with Gasteiger partial charge in [0, 0.05) is 0 Å². The predicted octanol–water partition coefficient (Wildman–Crippen LogP) is 1.47. The van der Waals surface area contributed by atoms with Crippen molar-refractivity contribution in [1.29, 1.82) is 0 Å². The van der Waals surface area contributed by atoms with Crippen molar-refractivity contribution in [2.24, 2.45) is 0 Å². The number of aromatic amines is 2. The fraction of sp³-hybridized carbons (Fsp3) is 0.167. The minimum Gasteiger partial charge on any atom is -0.441 e. The lowest BCUT2D eigenvalue weighted by Crippen LogP contribution is -2.21. The summed E-state index contributed by atoms with van der Waals surface area (Å²) in [6, 6.07) is 6.85. The van der Waals surface area contributed by atoms with Gasteiger partial charge in [-0.1, -0.05) is 6.07 Å². The zero-order chi connectivity index (χ0) is 12.4. The van der Waals surface area contributed by atoms with Crippen LogP contribution in [0.4, 0.5) is 0 Å². The number of hydrogen-bond donors (Lipinski definition) is 2. The van der Waals surface area contributed by atoms with Gasteiger partial charge in [0.2, 0.25) is 5.88 Å². The molecule has 0 atom stereocenters. The lowest BCUT2D eigenvalue weighted by molar-refractivity contribution is 0.457. The molecular formula is C12H12N2O3. The van der Waals surface area contributed by atoms with Crippen molar-refractivity contribution < 1.29 is 4.74 Å². The second kappa shape index (κ2) is 4.29. The van der Waals surface area contributed by atoms with Gasteiger partial charge in [-0.25, -0.2) is 4.79 Å². The number of ether oxygens (including phenoxy) is 1. The molecule has 88 valence electrons. The summed E-state index contributed by atoms with van der Waals surface area (Å²) in [5.41, 5.74) is 1.02. The Hall–Kier alpha value is -2.30. The summed E-state index contributed by atoms with van der Waals surface area (Å²) in [5.74, 6) is 0.715. The van der Waals surface area contributed by atoms with Gasteiger partial charge in [-0.3, -0.25) is 14.8 Å². The number of nitrogens with one attached hydrogen (secondary N) is 2. The van der Waals surface area contributed by atoms with Crippen LogP contribution in [0, 0.1) is 13.8 Å². The summed E-state index contributed by atoms with van der Waals surface area (Å²) in [6.07, 6.45) is 0. The van der Waals surface area contributed by atoms with Crippen molar-refractivity contribution in [1.82, 2.24) is 9.97 Å². The Morgan fingerprint density at radius 2 is 1.59 bits per heavy atom. The highest BCUT2D eigenvalue weighted by Crippen LogP contribution is 2.20. The zero-order valence-corrected chi connectivity index (χ0v) is 9.53. The van der Waals surface area contributed by atoms with Gasteiger partial charge < -0.3 is 4.74 Å². The molecule has 0 aliphatic heterocycles. The van der Waals surface area contributed by atoms with Gasteiger partial charge in [-0.2, -0.15) is 0 Å². The second-order valence-corrected chi connectivity index (χ2v) is 3.88. The lowest BCUT2D eigenvalue weighted by Gasteiger charge is -2.06. The van der Waals surface area contributed by atoms with Crippen molar-refractivity contribution in [3.8, 4) is 11.6 Å². The predicted molar refractivity (Wildman–Crippen MR) is 63.7 cm³/mol. The Kier molecular flexibility index (Phi) is 2.82. The highest BCUT2D eigenvalue weighted by atomic mass is 16.5. The molecule has 0 aliphatic carbocycles. The lowest BCUT2D eigenvalue weighted by atomic mass is 10.1. The summed E-state index contributed by atoms with van der Waals surface area (Å²) >= 11 is 0. The molecule has 0 aliphatic rings. The molecule has 2 aromatic rings. The molecule has 1 heterocycles. The smallest absolute Gasteiger partial charge is 0.328 e. The monoisotopic (exact) mass is 232 g/mol. The molecule has 2 rings (SSSR count). The van der Waals surface area contributed by atoms with Gasteiger partial charge >= 0.3 is 5.69 Å². The van der Waals surface area contributed by atoms with Crippen LogP contribution in [0.1, 0.15) is 11.1 Å². The van der Waals surface area contributed by atoms with Gasteiger partial charge in [-0.15, -0.1) is 0 Å². The fourth-order valence-electron chi connectivity index (χ4n) is 1.62. The topological polar surface area (TPSA) is 75.0 Å². The minimum atomic E-state index is -0.586. The first-order valence-corrected chi connectivity index (χ1v) is 5.13. The number of benzene rings is 1. The molecule has 1 aromatic heterocycles. The average Bonchev–Trinajstić information content (AvgIpc) is 2.13. The number of rotatable bonds is 2. The van der Waals surface area contributed by atoms with Crippen LogP contribution in [-0.2, 0) is 0 Å². The van der Waals surface area contributed by atoms with Crippen LogP contribution in [0.2, 0.25) is 0 Å². The van der Waals surface area contributed by atoms with E-state index in [2.05, 4.69) is 9.97 Å². The third kappa shape index (κ3) is 2.84. The number of aromatic nitrogens is 2. The van der Waals surface area contributed by atoms with E-state index in [4.69, 9.17) is 4.74 Å². The van der Waals surface area contributed by atoms with Crippen LogP contribution in [0.3, 0.4) is 0 Å². The molecule has 5 heteroatoms. The van der Waals surface area contributed by atoms with Crippen molar-refractivity contribution >= 4 is 0 Å². The Labute approximate surface area is 97.1 Å². The van der Waals surface area contributed by atoms with E-state index in [0.717, 1.165) is 11.1 Å². The summed E-state index contributed by atoms with van der Waals surface area (Å²) in [6.45, 7) is 3.89. The fourth-order valence-corrected chi connectivity index (χ4v) is 1.62. The van der Waals surface area contributed by atoms with E-state index in [0.29, 0.717) is 5.75 Å². The van der Waals surface area contributed by atoms with Crippen molar-refractivity contribution in [2.45, 2.75) is 13.8 Å². The first kappa shape index (κ1) is 11.2. The number of H-pyrrole nitrogens is 2. The van der Waals surface area contributed by atoms with Crippen LogP contribution >= 0.6 is 0 Å². The summed E-state index contributed by atoms with van der Waals surface area (Å²) < 4.78 is 5.43. The van der Waals surface area contributed by atoms with Crippen LogP contribution in [0.15, 0.2) is 33.9 Å². The first-order chi connectivity index (χ1) is 8.02. The van der Waals surface area contributed by atoms with E-state index >= 15 is 0 Å². The van der Waals surface area contributed by atoms with Crippen LogP contribution < -0.4 is 16.0 Å². The standard InChI is InChI=1S/C12H12N2O3/c1-7-3-8(2)5-9(4-7)17-11-6-10(15)13-12(16)14-11/h3-6H,1-2H3,(H2,13,14,15,16). The van der Waals surface area contributed by atoms with Crippen molar-refractivity contribution in [3.05, 3.63) is 56.2 Å². The molecule has 5 nitrogen and oxygen atoms in total. The van der Waals surface area contributed by atoms with E-state index in [9.17, 15) is 9.59 Å². The van der Waals surface area contributed by atoms with Gasteiger partial charge in [-0.05, 0) is 37.1 Å². The Balaban J connectivity index is 2.37. The molecule has 0 radical (unpaired) electrons. The van der Waals surface area contributed by atoms with Gasteiger partial charge in [0.15, 0.2) is 0 Å². The third-order valence-corrected chi connectivity index (χ3v) is 2.16. The average molecular weight is 232 g/mol. The maximum Gasteiger partial charge on any atom is 0.328 e. The summed E-state index contributed by atoms with van der Waals surface area (Å²) in [4.78, 5) is 26.6. The molecule has 0 fully saturated rings. The molecular weight excluding hydrogens is 220 g/mol. The minimum absolute atomic E-state index is 0.128. The summed E-state index contributed by atoms with van der Waals surface area (Å²) in [7, 11) is 0. The number of hydrogen-bond acceptors (Lipinski definition) is 3. The second-order valence-electron chi connectivity index (χ2n) is 3.88. The molecule has 1 aromatic carbocycles. The van der Waals surface area contributed by atoms with E-state index in [-0.39, 0.29) is 5.88 Å². The molecule has 0 unspecified atom stereocenters. The molecule has 0 spiro atoms. The third-order valence-electron chi connectivity index (χ3n) is 2.16. The molecule has 0 bridgehead atoms. The zero-order valence-electron chi connectivity index (χ0n) is 9.53. The van der Waals surface area contributed by atoms with E-state index in [1.807, 2.05) is 32.0 Å². The maximum absolute atomic E-state index is 11.1. The molecule has 0 amide bonds. The SMILES string of the molecule is Cc1cc(C)cc(Oc2cc(=O)[nH]c(=O)[nH]2)c1. The van der Waals surface area contributed by atoms with Crippen LogP contribution in [0.25, 0.3) is 0 Å². The molecule has 17 heavy (non-hydrogen) atoms. The Bertz CT molecular complexity index is 607. The maximum atomic E-state index is 11.1. The molecule has 0 saturated heterocycles. The Morgan fingerprint density at radius 3 is 2.18 bits per heavy atom. The van der Waals surface area contributed by atoms with Crippen LogP contribution in [0.5, 0.6) is 11.6 Å².